The Morgan fingerprint density at radius 1 is 1.22 bits per heavy atom. The number of hydrogen-bond acceptors (Lipinski definition) is 2. The number of ether oxygens (including phenoxy) is 1. The molecule has 0 bridgehead atoms. The van der Waals surface area contributed by atoms with Crippen LogP contribution in [0.3, 0.4) is 0 Å². The predicted octanol–water partition coefficient (Wildman–Crippen LogP) is 3.57. The van der Waals surface area contributed by atoms with Crippen LogP contribution >= 0.6 is 0 Å². The van der Waals surface area contributed by atoms with Gasteiger partial charge in [0.2, 0.25) is 0 Å². The highest BCUT2D eigenvalue weighted by atomic mass is 16.5. The minimum atomic E-state index is -0.959. The molecular weight excluding hydrogens is 228 g/mol. The lowest BCUT2D eigenvalue weighted by Crippen LogP contribution is -2.08. The molecule has 0 unspecified atom stereocenters. The Balaban J connectivity index is 2.47. The Kier molecular flexibility index (Phi) is 3.51. The third kappa shape index (κ3) is 2.62. The van der Waals surface area contributed by atoms with E-state index in [0.717, 1.165) is 10.8 Å². The van der Waals surface area contributed by atoms with Gasteiger partial charge in [0.25, 0.3) is 0 Å². The summed E-state index contributed by atoms with van der Waals surface area (Å²) in [6, 6.07) is 11.1. The van der Waals surface area contributed by atoms with Crippen LogP contribution in [0.25, 0.3) is 10.8 Å². The van der Waals surface area contributed by atoms with Gasteiger partial charge in [0.15, 0.2) is 0 Å². The Labute approximate surface area is 106 Å². The summed E-state index contributed by atoms with van der Waals surface area (Å²) in [5.74, 6) is -0.160. The number of fused-ring (bicyclic) bond motifs is 1. The highest BCUT2D eigenvalue weighted by Crippen LogP contribution is 2.26. The van der Waals surface area contributed by atoms with Gasteiger partial charge >= 0.3 is 5.97 Å². The minimum Gasteiger partial charge on any atom is -0.492 e. The summed E-state index contributed by atoms with van der Waals surface area (Å²) in [6.07, 6.45) is 0. The van der Waals surface area contributed by atoms with Gasteiger partial charge in [0.05, 0.1) is 6.61 Å². The zero-order chi connectivity index (χ0) is 13.1. The minimum absolute atomic E-state index is 0.217. The van der Waals surface area contributed by atoms with E-state index < -0.39 is 5.97 Å². The van der Waals surface area contributed by atoms with Crippen molar-refractivity contribution in [3.63, 3.8) is 0 Å². The summed E-state index contributed by atoms with van der Waals surface area (Å²) in [5, 5.41) is 11.1. The number of carboxylic acids is 1. The van der Waals surface area contributed by atoms with Crippen LogP contribution in [0.4, 0.5) is 0 Å². The molecule has 0 fully saturated rings. The van der Waals surface area contributed by atoms with E-state index in [0.29, 0.717) is 18.3 Å². The van der Waals surface area contributed by atoms with Gasteiger partial charge in [-0.2, -0.15) is 0 Å². The van der Waals surface area contributed by atoms with E-state index in [1.165, 1.54) is 0 Å². The van der Waals surface area contributed by atoms with Crippen LogP contribution in [0.15, 0.2) is 36.4 Å². The molecule has 0 spiro atoms. The van der Waals surface area contributed by atoms with E-state index in [1.54, 1.807) is 12.1 Å². The molecule has 0 aromatic heterocycles. The molecule has 0 radical (unpaired) electrons. The fourth-order valence-corrected chi connectivity index (χ4v) is 1.76. The molecule has 3 nitrogen and oxygen atoms in total. The molecule has 94 valence electrons. The average Bonchev–Trinajstić information content (AvgIpc) is 2.35. The van der Waals surface area contributed by atoms with Crippen LogP contribution in [-0.4, -0.2) is 17.7 Å². The zero-order valence-electron chi connectivity index (χ0n) is 10.5. The number of carboxylic acid groups (broad SMARTS) is 1. The number of carbonyl (C=O) groups is 1. The summed E-state index contributed by atoms with van der Waals surface area (Å²) < 4.78 is 5.59. The van der Waals surface area contributed by atoms with Crippen LogP contribution in [0.1, 0.15) is 24.2 Å². The first-order valence-electron chi connectivity index (χ1n) is 5.97. The number of aromatic carboxylic acids is 1. The highest BCUT2D eigenvalue weighted by Gasteiger charge is 2.13. The number of hydrogen-bond donors (Lipinski definition) is 1. The molecule has 2 aromatic carbocycles. The molecule has 18 heavy (non-hydrogen) atoms. The summed E-state index contributed by atoms with van der Waals surface area (Å²) >= 11 is 0. The Bertz CT molecular complexity index is 573. The van der Waals surface area contributed by atoms with Gasteiger partial charge < -0.3 is 9.84 Å². The van der Waals surface area contributed by atoms with Crippen LogP contribution in [-0.2, 0) is 0 Å². The molecular formula is C15H16O3. The van der Waals surface area contributed by atoms with Crippen LogP contribution in [0.5, 0.6) is 5.75 Å². The molecule has 2 aromatic rings. The Hall–Kier alpha value is -2.03. The van der Waals surface area contributed by atoms with Crippen LogP contribution in [0.2, 0.25) is 0 Å². The first-order chi connectivity index (χ1) is 8.58. The zero-order valence-corrected chi connectivity index (χ0v) is 10.5. The first-order valence-corrected chi connectivity index (χ1v) is 5.97. The maximum Gasteiger partial charge on any atom is 0.339 e. The van der Waals surface area contributed by atoms with E-state index in [9.17, 15) is 9.90 Å². The lowest BCUT2D eigenvalue weighted by Gasteiger charge is -2.12. The number of benzene rings is 2. The molecule has 2 rings (SSSR count). The van der Waals surface area contributed by atoms with E-state index in [4.69, 9.17) is 4.74 Å². The molecule has 0 aliphatic carbocycles. The number of rotatable bonds is 4. The van der Waals surface area contributed by atoms with E-state index >= 15 is 0 Å². The van der Waals surface area contributed by atoms with Gasteiger partial charge in [-0.05, 0) is 28.8 Å². The van der Waals surface area contributed by atoms with E-state index in [1.807, 2.05) is 38.1 Å². The Morgan fingerprint density at radius 3 is 2.39 bits per heavy atom. The van der Waals surface area contributed by atoms with Gasteiger partial charge in [0, 0.05) is 0 Å². The monoisotopic (exact) mass is 244 g/mol. The normalized spacial score (nSPS) is 10.8. The van der Waals surface area contributed by atoms with Crippen molar-refractivity contribution >= 4 is 16.7 Å². The van der Waals surface area contributed by atoms with Gasteiger partial charge in [-0.25, -0.2) is 4.79 Å². The third-order valence-corrected chi connectivity index (χ3v) is 2.65. The maximum absolute atomic E-state index is 11.2. The van der Waals surface area contributed by atoms with Crippen molar-refractivity contribution in [2.45, 2.75) is 13.8 Å². The van der Waals surface area contributed by atoms with Crippen molar-refractivity contribution < 1.29 is 14.6 Å². The fraction of sp³-hybridized carbons (Fsp3) is 0.267. The molecule has 0 amide bonds. The topological polar surface area (TPSA) is 46.5 Å². The molecule has 0 aliphatic rings. The van der Waals surface area contributed by atoms with Crippen molar-refractivity contribution in [2.75, 3.05) is 6.61 Å². The molecule has 3 heteroatoms. The van der Waals surface area contributed by atoms with Crippen molar-refractivity contribution in [3.8, 4) is 5.75 Å². The predicted molar refractivity (Wildman–Crippen MR) is 71.2 cm³/mol. The lowest BCUT2D eigenvalue weighted by molar-refractivity contribution is 0.0691. The van der Waals surface area contributed by atoms with Gasteiger partial charge in [-0.15, -0.1) is 0 Å². The molecule has 0 heterocycles. The van der Waals surface area contributed by atoms with Crippen LogP contribution < -0.4 is 4.74 Å². The van der Waals surface area contributed by atoms with Crippen molar-refractivity contribution in [2.24, 2.45) is 5.92 Å². The summed E-state index contributed by atoms with van der Waals surface area (Å²) in [5.41, 5.74) is 0.217. The summed E-state index contributed by atoms with van der Waals surface area (Å²) in [4.78, 5) is 11.2. The van der Waals surface area contributed by atoms with Gasteiger partial charge in [0.1, 0.15) is 11.3 Å². The SMILES string of the molecule is CC(C)COc1cc2ccccc2cc1C(=O)O. The molecule has 0 saturated carbocycles. The Morgan fingerprint density at radius 2 is 1.83 bits per heavy atom. The van der Waals surface area contributed by atoms with Crippen molar-refractivity contribution in [1.29, 1.82) is 0 Å². The lowest BCUT2D eigenvalue weighted by atomic mass is 10.1. The van der Waals surface area contributed by atoms with Crippen molar-refractivity contribution in [1.82, 2.24) is 0 Å². The largest absolute Gasteiger partial charge is 0.492 e. The highest BCUT2D eigenvalue weighted by molar-refractivity contribution is 5.97. The first kappa shape index (κ1) is 12.4. The summed E-state index contributed by atoms with van der Waals surface area (Å²) in [7, 11) is 0. The molecule has 1 N–H and O–H groups in total. The quantitative estimate of drug-likeness (QED) is 0.894. The molecule has 0 saturated heterocycles. The second-order valence-electron chi connectivity index (χ2n) is 4.71. The molecule has 0 aliphatic heterocycles. The molecule has 0 atom stereocenters. The average molecular weight is 244 g/mol. The van der Waals surface area contributed by atoms with E-state index in [-0.39, 0.29) is 5.56 Å². The fourth-order valence-electron chi connectivity index (χ4n) is 1.76. The standard InChI is InChI=1S/C15H16O3/c1-10(2)9-18-14-8-12-6-4-3-5-11(12)7-13(14)15(16)17/h3-8,10H,9H2,1-2H3,(H,16,17). The third-order valence-electron chi connectivity index (χ3n) is 2.65. The van der Waals surface area contributed by atoms with Gasteiger partial charge in [-0.3, -0.25) is 0 Å². The van der Waals surface area contributed by atoms with Crippen molar-refractivity contribution in [3.05, 3.63) is 42.0 Å². The van der Waals surface area contributed by atoms with Crippen LogP contribution in [0, 0.1) is 5.92 Å². The maximum atomic E-state index is 11.2. The second kappa shape index (κ2) is 5.08. The van der Waals surface area contributed by atoms with Gasteiger partial charge in [-0.1, -0.05) is 38.1 Å². The summed E-state index contributed by atoms with van der Waals surface area (Å²) in [6.45, 7) is 4.57. The second-order valence-corrected chi connectivity index (χ2v) is 4.71. The smallest absolute Gasteiger partial charge is 0.339 e. The van der Waals surface area contributed by atoms with E-state index in [2.05, 4.69) is 0 Å².